The van der Waals surface area contributed by atoms with Crippen LogP contribution in [0.15, 0.2) is 18.3 Å². The fraction of sp³-hybridized carbons (Fsp3) is 0.450. The lowest BCUT2D eigenvalue weighted by atomic mass is 10.1. The highest BCUT2D eigenvalue weighted by atomic mass is 35.5. The molecule has 0 bridgehead atoms. The molecule has 0 aliphatic carbocycles. The summed E-state index contributed by atoms with van der Waals surface area (Å²) in [6, 6.07) is 4.17. The topological polar surface area (TPSA) is 63.5 Å². The lowest BCUT2D eigenvalue weighted by molar-refractivity contribution is 0.0983. The van der Waals surface area contributed by atoms with Crippen molar-refractivity contribution in [2.24, 2.45) is 7.05 Å². The smallest absolute Gasteiger partial charge is 0.267 e. The first-order chi connectivity index (χ1) is 13.3. The van der Waals surface area contributed by atoms with Gasteiger partial charge in [-0.2, -0.15) is 0 Å². The van der Waals surface area contributed by atoms with Crippen molar-refractivity contribution < 1.29 is 9.53 Å². The molecular weight excluding hydrogens is 410 g/mol. The summed E-state index contributed by atoms with van der Waals surface area (Å²) in [7, 11) is 7.36. The SMILES string of the molecule is COc1nn(C)cc1C(=O)N(CCCN(C)C)c1nc2c(C)ccc(C)c2s1.Cl. The summed E-state index contributed by atoms with van der Waals surface area (Å²) < 4.78 is 8.03. The van der Waals surface area contributed by atoms with Gasteiger partial charge in [-0.25, -0.2) is 4.98 Å². The largest absolute Gasteiger partial charge is 0.479 e. The molecule has 0 saturated carbocycles. The molecule has 0 radical (unpaired) electrons. The van der Waals surface area contributed by atoms with E-state index in [0.29, 0.717) is 23.1 Å². The summed E-state index contributed by atoms with van der Waals surface area (Å²) in [4.78, 5) is 22.1. The maximum Gasteiger partial charge on any atom is 0.267 e. The number of aryl methyl sites for hydroxylation is 3. The van der Waals surface area contributed by atoms with Crippen LogP contribution in [0.5, 0.6) is 5.88 Å². The van der Waals surface area contributed by atoms with Gasteiger partial charge >= 0.3 is 0 Å². The number of amides is 1. The first kappa shape index (κ1) is 23.1. The first-order valence-corrected chi connectivity index (χ1v) is 10.0. The van der Waals surface area contributed by atoms with Gasteiger partial charge in [0.1, 0.15) is 5.56 Å². The number of anilines is 1. The minimum Gasteiger partial charge on any atom is -0.479 e. The summed E-state index contributed by atoms with van der Waals surface area (Å²) >= 11 is 1.56. The van der Waals surface area contributed by atoms with Crippen molar-refractivity contribution in [2.45, 2.75) is 20.3 Å². The fourth-order valence-corrected chi connectivity index (χ4v) is 4.24. The van der Waals surface area contributed by atoms with Crippen LogP contribution in [-0.2, 0) is 7.05 Å². The highest BCUT2D eigenvalue weighted by molar-refractivity contribution is 7.22. The molecule has 9 heteroatoms. The lowest BCUT2D eigenvalue weighted by Crippen LogP contribution is -2.33. The van der Waals surface area contributed by atoms with Gasteiger partial charge in [-0.05, 0) is 52.0 Å². The molecule has 158 valence electrons. The fourth-order valence-electron chi connectivity index (χ4n) is 3.10. The Hall–Kier alpha value is -2.16. The van der Waals surface area contributed by atoms with Crippen molar-refractivity contribution in [3.63, 3.8) is 0 Å². The third kappa shape index (κ3) is 4.88. The Labute approximate surface area is 181 Å². The van der Waals surface area contributed by atoms with Gasteiger partial charge in [0.05, 0.1) is 17.3 Å². The molecule has 2 heterocycles. The van der Waals surface area contributed by atoms with E-state index in [1.165, 1.54) is 12.7 Å². The summed E-state index contributed by atoms with van der Waals surface area (Å²) in [6.07, 6.45) is 2.54. The van der Waals surface area contributed by atoms with E-state index in [4.69, 9.17) is 9.72 Å². The second kappa shape index (κ2) is 9.56. The van der Waals surface area contributed by atoms with Crippen molar-refractivity contribution in [3.8, 4) is 5.88 Å². The van der Waals surface area contributed by atoms with E-state index >= 15 is 0 Å². The second-order valence-corrected chi connectivity index (χ2v) is 8.19. The molecule has 3 rings (SSSR count). The molecule has 0 aliphatic heterocycles. The molecule has 3 aromatic rings. The zero-order valence-corrected chi connectivity index (χ0v) is 19.4. The van der Waals surface area contributed by atoms with Crippen LogP contribution in [0.4, 0.5) is 5.13 Å². The van der Waals surface area contributed by atoms with E-state index in [2.05, 4.69) is 29.1 Å². The number of carbonyl (C=O) groups is 1. The highest BCUT2D eigenvalue weighted by Gasteiger charge is 2.26. The van der Waals surface area contributed by atoms with Crippen molar-refractivity contribution in [3.05, 3.63) is 35.0 Å². The monoisotopic (exact) mass is 437 g/mol. The van der Waals surface area contributed by atoms with Crippen LogP contribution in [0.25, 0.3) is 10.2 Å². The average Bonchev–Trinajstić information content (AvgIpc) is 3.25. The molecular formula is C20H28ClN5O2S. The maximum atomic E-state index is 13.4. The van der Waals surface area contributed by atoms with Crippen molar-refractivity contribution in [2.75, 3.05) is 39.2 Å². The van der Waals surface area contributed by atoms with Crippen LogP contribution in [0.2, 0.25) is 0 Å². The Kier molecular flexibility index (Phi) is 7.62. The number of methoxy groups -OCH3 is 1. The minimum absolute atomic E-state index is 0. The Morgan fingerprint density at radius 3 is 2.52 bits per heavy atom. The molecule has 29 heavy (non-hydrogen) atoms. The quantitative estimate of drug-likeness (QED) is 0.564. The summed E-state index contributed by atoms with van der Waals surface area (Å²) in [5.74, 6) is 0.191. The van der Waals surface area contributed by atoms with Gasteiger partial charge < -0.3 is 9.64 Å². The van der Waals surface area contributed by atoms with Crippen LogP contribution >= 0.6 is 23.7 Å². The molecule has 0 atom stereocenters. The van der Waals surface area contributed by atoms with Crippen LogP contribution in [0.3, 0.4) is 0 Å². The van der Waals surface area contributed by atoms with Crippen LogP contribution < -0.4 is 9.64 Å². The Bertz CT molecular complexity index is 959. The number of fused-ring (bicyclic) bond motifs is 1. The normalized spacial score (nSPS) is 11.0. The van der Waals surface area contributed by atoms with E-state index < -0.39 is 0 Å². The number of hydrogen-bond acceptors (Lipinski definition) is 6. The van der Waals surface area contributed by atoms with Crippen molar-refractivity contribution in [1.29, 1.82) is 0 Å². The van der Waals surface area contributed by atoms with Gasteiger partial charge in [0, 0.05) is 19.8 Å². The van der Waals surface area contributed by atoms with E-state index in [-0.39, 0.29) is 18.3 Å². The van der Waals surface area contributed by atoms with Gasteiger partial charge in [-0.15, -0.1) is 17.5 Å². The van der Waals surface area contributed by atoms with Crippen molar-refractivity contribution in [1.82, 2.24) is 19.7 Å². The number of aromatic nitrogens is 3. The minimum atomic E-state index is -0.141. The molecule has 0 N–H and O–H groups in total. The third-order valence-corrected chi connectivity index (χ3v) is 5.83. The predicted octanol–water partition coefficient (Wildman–Crippen LogP) is 3.68. The number of thiazole rings is 1. The number of rotatable bonds is 7. The van der Waals surface area contributed by atoms with Gasteiger partial charge in [0.2, 0.25) is 5.88 Å². The molecule has 0 aliphatic rings. The lowest BCUT2D eigenvalue weighted by Gasteiger charge is -2.20. The van der Waals surface area contributed by atoms with Gasteiger partial charge in [0.15, 0.2) is 5.13 Å². The summed E-state index contributed by atoms with van der Waals surface area (Å²) in [5.41, 5.74) is 3.69. The Balaban J connectivity index is 0.00000300. The third-order valence-electron chi connectivity index (χ3n) is 4.61. The molecule has 2 aromatic heterocycles. The highest BCUT2D eigenvalue weighted by Crippen LogP contribution is 2.34. The van der Waals surface area contributed by atoms with E-state index in [1.54, 1.807) is 34.2 Å². The number of benzene rings is 1. The van der Waals surface area contributed by atoms with Crippen molar-refractivity contribution >= 4 is 45.0 Å². The number of halogens is 1. The van der Waals surface area contributed by atoms with Crippen LogP contribution in [0.1, 0.15) is 27.9 Å². The zero-order chi connectivity index (χ0) is 20.4. The molecule has 0 spiro atoms. The number of ether oxygens (including phenoxy) is 1. The molecule has 0 saturated heterocycles. The zero-order valence-electron chi connectivity index (χ0n) is 17.7. The molecule has 7 nitrogen and oxygen atoms in total. The van der Waals surface area contributed by atoms with Gasteiger partial charge in [0.25, 0.3) is 5.91 Å². The summed E-state index contributed by atoms with van der Waals surface area (Å²) in [6.45, 7) is 5.59. The second-order valence-electron chi connectivity index (χ2n) is 7.21. The van der Waals surface area contributed by atoms with Crippen LogP contribution in [-0.4, -0.2) is 59.9 Å². The standard InChI is InChI=1S/C20H27N5O2S.ClH/c1-13-8-9-14(2)17-16(13)21-20(28-17)25(11-7-10-23(3)4)19(26)15-12-24(5)22-18(15)27-6;/h8-9,12H,7,10-11H2,1-6H3;1H. The van der Waals surface area contributed by atoms with E-state index in [0.717, 1.165) is 28.7 Å². The number of nitrogens with zero attached hydrogens (tertiary/aromatic N) is 5. The van der Waals surface area contributed by atoms with E-state index in [9.17, 15) is 4.79 Å². The predicted molar refractivity (Wildman–Crippen MR) is 121 cm³/mol. The number of hydrogen-bond donors (Lipinski definition) is 0. The summed E-state index contributed by atoms with van der Waals surface area (Å²) in [5, 5.41) is 4.94. The van der Waals surface area contributed by atoms with E-state index in [1.807, 2.05) is 21.0 Å². The van der Waals surface area contributed by atoms with Gasteiger partial charge in [-0.1, -0.05) is 23.5 Å². The van der Waals surface area contributed by atoms with Gasteiger partial charge in [-0.3, -0.25) is 14.4 Å². The average molecular weight is 438 g/mol. The molecule has 0 fully saturated rings. The van der Waals surface area contributed by atoms with Crippen LogP contribution in [0, 0.1) is 13.8 Å². The first-order valence-electron chi connectivity index (χ1n) is 9.22. The Morgan fingerprint density at radius 2 is 1.90 bits per heavy atom. The molecule has 0 unspecified atom stereocenters. The molecule has 1 amide bonds. The number of carbonyl (C=O) groups excluding carboxylic acids is 1. The maximum absolute atomic E-state index is 13.4. The molecule has 1 aromatic carbocycles. The Morgan fingerprint density at radius 1 is 1.21 bits per heavy atom.